The van der Waals surface area contributed by atoms with Crippen LogP contribution < -0.4 is 0 Å². The lowest BCUT2D eigenvalue weighted by Crippen LogP contribution is -2.07. The highest BCUT2D eigenvalue weighted by Gasteiger charge is 2.42. The Kier molecular flexibility index (Phi) is 3.84. The maximum absolute atomic E-state index is 11.2. The quantitative estimate of drug-likeness (QED) is 0.657. The Morgan fingerprint density at radius 1 is 1.32 bits per heavy atom. The second-order valence-electron chi connectivity index (χ2n) is 6.95. The Hall–Kier alpha value is -2.27. The molecule has 1 aromatic carbocycles. The van der Waals surface area contributed by atoms with E-state index < -0.39 is 5.97 Å². The van der Waals surface area contributed by atoms with Crippen LogP contribution in [0.3, 0.4) is 0 Å². The average Bonchev–Trinajstić information content (AvgIpc) is 3.26. The molecule has 4 rings (SSSR count). The third-order valence-electron chi connectivity index (χ3n) is 5.10. The van der Waals surface area contributed by atoms with E-state index in [1.807, 2.05) is 6.07 Å². The topological polar surface area (TPSA) is 66.0 Å². The second-order valence-corrected chi connectivity index (χ2v) is 7.83. The van der Waals surface area contributed by atoms with Crippen LogP contribution in [-0.4, -0.2) is 27.3 Å². The van der Waals surface area contributed by atoms with Crippen LogP contribution >= 0.6 is 11.8 Å². The number of thioether (sulfide) groups is 1. The molecule has 25 heavy (non-hydrogen) atoms. The van der Waals surface area contributed by atoms with Gasteiger partial charge in [0.2, 0.25) is 0 Å². The summed E-state index contributed by atoms with van der Waals surface area (Å²) in [5.74, 6) is -0.986. The minimum atomic E-state index is -0.986. The maximum atomic E-state index is 11.2. The van der Waals surface area contributed by atoms with Gasteiger partial charge in [-0.15, -0.1) is 11.8 Å². The van der Waals surface area contributed by atoms with Crippen molar-refractivity contribution in [1.82, 2.24) is 9.97 Å². The Bertz CT molecular complexity index is 973. The van der Waals surface area contributed by atoms with Crippen molar-refractivity contribution in [3.8, 4) is 0 Å². The summed E-state index contributed by atoms with van der Waals surface area (Å²) in [6.45, 7) is 2.29. The summed E-state index contributed by atoms with van der Waals surface area (Å²) in [7, 11) is 0. The molecule has 2 N–H and O–H groups in total. The van der Waals surface area contributed by atoms with Gasteiger partial charge in [0.25, 0.3) is 0 Å². The number of H-pyrrole nitrogens is 1. The van der Waals surface area contributed by atoms with Gasteiger partial charge in [-0.05, 0) is 48.9 Å². The lowest BCUT2D eigenvalue weighted by molar-refractivity contribution is 0.0690. The van der Waals surface area contributed by atoms with Crippen LogP contribution in [0.1, 0.15) is 47.2 Å². The number of carboxylic acid groups (broad SMARTS) is 1. The molecule has 0 amide bonds. The minimum absolute atomic E-state index is 0.0983. The molecule has 2 aromatic heterocycles. The van der Waals surface area contributed by atoms with Gasteiger partial charge in [-0.3, -0.25) is 0 Å². The number of nitrogens with one attached hydrogen (secondary N) is 1. The zero-order chi connectivity index (χ0) is 17.6. The summed E-state index contributed by atoms with van der Waals surface area (Å²) in [6, 6.07) is 11.7. The van der Waals surface area contributed by atoms with Crippen molar-refractivity contribution in [1.29, 1.82) is 0 Å². The highest BCUT2D eigenvalue weighted by molar-refractivity contribution is 7.98. The highest BCUT2D eigenvalue weighted by Crippen LogP contribution is 2.50. The van der Waals surface area contributed by atoms with Crippen LogP contribution in [0.15, 0.2) is 41.3 Å². The summed E-state index contributed by atoms with van der Waals surface area (Å²) in [5.41, 5.74) is 4.78. The van der Waals surface area contributed by atoms with Gasteiger partial charge in [0.1, 0.15) is 5.69 Å². The summed E-state index contributed by atoms with van der Waals surface area (Å²) >= 11 is 1.73. The molecule has 0 bridgehead atoms. The van der Waals surface area contributed by atoms with Crippen LogP contribution in [0.5, 0.6) is 0 Å². The zero-order valence-electron chi connectivity index (χ0n) is 14.3. The number of nitrogens with zero attached hydrogens (tertiary/aromatic N) is 1. The van der Waals surface area contributed by atoms with Gasteiger partial charge < -0.3 is 10.1 Å². The zero-order valence-corrected chi connectivity index (χ0v) is 15.1. The fourth-order valence-corrected chi connectivity index (χ4v) is 3.82. The lowest BCUT2D eigenvalue weighted by atomic mass is 9.96. The van der Waals surface area contributed by atoms with E-state index >= 15 is 0 Å². The van der Waals surface area contributed by atoms with Crippen molar-refractivity contribution in [2.75, 3.05) is 6.26 Å². The first-order valence-electron chi connectivity index (χ1n) is 8.38. The lowest BCUT2D eigenvalue weighted by Gasteiger charge is -2.11. The van der Waals surface area contributed by atoms with E-state index in [2.05, 4.69) is 41.3 Å². The fourth-order valence-electron chi connectivity index (χ4n) is 3.38. The van der Waals surface area contributed by atoms with Crippen molar-refractivity contribution in [2.24, 2.45) is 0 Å². The van der Waals surface area contributed by atoms with Crippen LogP contribution in [-0.2, 0) is 11.8 Å². The third kappa shape index (κ3) is 2.93. The first-order valence-corrected chi connectivity index (χ1v) is 9.61. The molecule has 5 heteroatoms. The number of rotatable bonds is 5. The Labute approximate surface area is 150 Å². The number of hydrogen-bond acceptors (Lipinski definition) is 3. The van der Waals surface area contributed by atoms with Crippen LogP contribution in [0.2, 0.25) is 0 Å². The van der Waals surface area contributed by atoms with E-state index in [-0.39, 0.29) is 11.1 Å². The first-order chi connectivity index (χ1) is 12.0. The molecule has 1 aliphatic carbocycles. The smallest absolute Gasteiger partial charge is 0.354 e. The summed E-state index contributed by atoms with van der Waals surface area (Å²) < 4.78 is 0. The number of hydrogen-bond donors (Lipinski definition) is 2. The predicted octanol–water partition coefficient (Wildman–Crippen LogP) is 4.63. The number of carboxylic acids is 1. The largest absolute Gasteiger partial charge is 0.477 e. The molecule has 2 heterocycles. The molecule has 1 saturated carbocycles. The molecule has 4 nitrogen and oxygen atoms in total. The van der Waals surface area contributed by atoms with Gasteiger partial charge in [0.15, 0.2) is 0 Å². The molecule has 0 aliphatic heterocycles. The van der Waals surface area contributed by atoms with Crippen LogP contribution in [0.25, 0.3) is 10.9 Å². The van der Waals surface area contributed by atoms with E-state index in [4.69, 9.17) is 0 Å². The number of aromatic amines is 1. The van der Waals surface area contributed by atoms with Crippen LogP contribution in [0, 0.1) is 0 Å². The molecule has 0 atom stereocenters. The second kappa shape index (κ2) is 5.92. The number of pyridine rings is 1. The molecular formula is C20H20N2O2S. The monoisotopic (exact) mass is 352 g/mol. The average molecular weight is 352 g/mol. The third-order valence-corrected chi connectivity index (χ3v) is 5.83. The normalized spacial score (nSPS) is 15.4. The molecule has 0 spiro atoms. The van der Waals surface area contributed by atoms with E-state index in [9.17, 15) is 9.90 Å². The van der Waals surface area contributed by atoms with E-state index in [1.54, 1.807) is 17.8 Å². The minimum Gasteiger partial charge on any atom is -0.477 e. The predicted molar refractivity (Wildman–Crippen MR) is 101 cm³/mol. The Morgan fingerprint density at radius 2 is 2.12 bits per heavy atom. The summed E-state index contributed by atoms with van der Waals surface area (Å²) in [5, 5.41) is 10.4. The highest BCUT2D eigenvalue weighted by atomic mass is 32.2. The van der Waals surface area contributed by atoms with E-state index in [0.29, 0.717) is 6.42 Å². The molecule has 0 saturated heterocycles. The van der Waals surface area contributed by atoms with Gasteiger partial charge in [-0.25, -0.2) is 9.78 Å². The van der Waals surface area contributed by atoms with Crippen molar-refractivity contribution < 1.29 is 9.90 Å². The number of benzene rings is 1. The summed E-state index contributed by atoms with van der Waals surface area (Å²) in [4.78, 5) is 20.4. The van der Waals surface area contributed by atoms with Gasteiger partial charge in [-0.1, -0.05) is 19.1 Å². The molecule has 1 fully saturated rings. The number of aromatic nitrogens is 2. The Morgan fingerprint density at radius 3 is 2.80 bits per heavy atom. The first kappa shape index (κ1) is 16.2. The molecule has 128 valence electrons. The van der Waals surface area contributed by atoms with Crippen molar-refractivity contribution in [2.45, 2.75) is 36.5 Å². The fraction of sp³-hybridized carbons (Fsp3) is 0.300. The molecule has 3 aromatic rings. The molecule has 1 aliphatic rings. The van der Waals surface area contributed by atoms with Gasteiger partial charge in [-0.2, -0.15) is 0 Å². The molecule has 0 unspecified atom stereocenters. The molecule has 0 radical (unpaired) electrons. The standard InChI is InChI=1S/C20H20N2O2S/c1-20(8-9-20)18-15(10-12-4-3-5-16(21-12)19(23)24)14-7-6-13(25-2)11-17(14)22-18/h3-7,11,22H,8-10H2,1-2H3,(H,23,24). The van der Waals surface area contributed by atoms with Crippen molar-refractivity contribution in [3.05, 3.63) is 59.0 Å². The Balaban J connectivity index is 1.82. The summed E-state index contributed by atoms with van der Waals surface area (Å²) in [6.07, 6.45) is 5.09. The maximum Gasteiger partial charge on any atom is 0.354 e. The van der Waals surface area contributed by atoms with Crippen LogP contribution in [0.4, 0.5) is 0 Å². The van der Waals surface area contributed by atoms with Gasteiger partial charge in [0.05, 0.1) is 0 Å². The SMILES string of the molecule is CSc1ccc2c(Cc3cccc(C(=O)O)n3)c(C3(C)CC3)[nH]c2c1. The van der Waals surface area contributed by atoms with E-state index in [1.165, 1.54) is 40.4 Å². The number of fused-ring (bicyclic) bond motifs is 1. The van der Waals surface area contributed by atoms with Gasteiger partial charge in [0, 0.05) is 39.0 Å². The van der Waals surface area contributed by atoms with Gasteiger partial charge >= 0.3 is 5.97 Å². The number of aromatic carboxylic acids is 1. The van der Waals surface area contributed by atoms with Crippen molar-refractivity contribution >= 4 is 28.6 Å². The molecular weight excluding hydrogens is 332 g/mol. The number of carbonyl (C=O) groups is 1. The van der Waals surface area contributed by atoms with E-state index in [0.717, 1.165) is 11.2 Å². The van der Waals surface area contributed by atoms with Crippen molar-refractivity contribution in [3.63, 3.8) is 0 Å².